The van der Waals surface area contributed by atoms with E-state index in [1.165, 1.54) is 5.56 Å². The first-order chi connectivity index (χ1) is 6.04. The van der Waals surface area contributed by atoms with Crippen molar-refractivity contribution in [1.29, 1.82) is 0 Å². The van der Waals surface area contributed by atoms with Crippen molar-refractivity contribution < 1.29 is 0 Å². The van der Waals surface area contributed by atoms with Crippen LogP contribution in [0.4, 0.5) is 0 Å². The highest BCUT2D eigenvalue weighted by atomic mass is 79.9. The van der Waals surface area contributed by atoms with E-state index in [0.717, 1.165) is 12.8 Å². The summed E-state index contributed by atoms with van der Waals surface area (Å²) in [6, 6.07) is 10.2. The molecule has 0 aromatic heterocycles. The van der Waals surface area contributed by atoms with Crippen LogP contribution < -0.4 is 0 Å². The summed E-state index contributed by atoms with van der Waals surface area (Å²) in [6.45, 7) is 0. The van der Waals surface area contributed by atoms with Gasteiger partial charge in [0, 0.05) is 6.42 Å². The van der Waals surface area contributed by atoms with Crippen molar-refractivity contribution in [2.24, 2.45) is 0 Å². The molecular weight excluding hydrogens is 271 g/mol. The van der Waals surface area contributed by atoms with Gasteiger partial charge in [-0.05, 0) is 12.0 Å². The minimum absolute atomic E-state index is 0.107. The van der Waals surface area contributed by atoms with Crippen molar-refractivity contribution in [3.63, 3.8) is 0 Å². The van der Waals surface area contributed by atoms with E-state index in [1.54, 1.807) is 0 Å². The van der Waals surface area contributed by atoms with Gasteiger partial charge in [0.2, 0.25) is 0 Å². The molecule has 0 amide bonds. The Labute approximate surface area is 96.4 Å². The Balaban J connectivity index is 2.09. The van der Waals surface area contributed by atoms with Gasteiger partial charge in [-0.1, -0.05) is 46.3 Å². The van der Waals surface area contributed by atoms with Gasteiger partial charge in [-0.25, -0.2) is 0 Å². The molecule has 1 aromatic carbocycles. The quantitative estimate of drug-likeness (QED) is 0.720. The lowest BCUT2D eigenvalue weighted by atomic mass is 10.1. The molecule has 0 spiro atoms. The molecule has 0 aliphatic heterocycles. The molecule has 0 bridgehead atoms. The standard InChI is InChI=1S/C10H9BrCl2/c11-9(7-10(9,12)13)6-8-4-2-1-3-5-8/h1-5H,6-7H2. The van der Waals surface area contributed by atoms with E-state index < -0.39 is 4.33 Å². The maximum atomic E-state index is 6.02. The van der Waals surface area contributed by atoms with Gasteiger partial charge in [0.15, 0.2) is 0 Å². The molecule has 1 saturated carbocycles. The topological polar surface area (TPSA) is 0 Å². The van der Waals surface area contributed by atoms with E-state index in [-0.39, 0.29) is 4.32 Å². The Morgan fingerprint density at radius 3 is 2.23 bits per heavy atom. The van der Waals surface area contributed by atoms with Gasteiger partial charge in [-0.15, -0.1) is 23.2 Å². The lowest BCUT2D eigenvalue weighted by molar-refractivity contribution is 0.894. The van der Waals surface area contributed by atoms with Gasteiger partial charge in [0.05, 0.1) is 4.32 Å². The Morgan fingerprint density at radius 1 is 1.23 bits per heavy atom. The van der Waals surface area contributed by atoms with Crippen molar-refractivity contribution in [2.45, 2.75) is 21.5 Å². The van der Waals surface area contributed by atoms with Crippen molar-refractivity contribution in [1.82, 2.24) is 0 Å². The largest absolute Gasteiger partial charge is 0.135 e. The second kappa shape index (κ2) is 3.15. The predicted octanol–water partition coefficient (Wildman–Crippen LogP) is 3.94. The highest BCUT2D eigenvalue weighted by molar-refractivity contribution is 9.10. The summed E-state index contributed by atoms with van der Waals surface area (Å²) in [5.74, 6) is 0. The third kappa shape index (κ3) is 1.88. The first-order valence-electron chi connectivity index (χ1n) is 4.14. The summed E-state index contributed by atoms with van der Waals surface area (Å²) in [7, 11) is 0. The Hall–Kier alpha value is 0.280. The van der Waals surface area contributed by atoms with E-state index in [1.807, 2.05) is 18.2 Å². The maximum Gasteiger partial charge on any atom is 0.135 e. The maximum absolute atomic E-state index is 6.02. The summed E-state index contributed by atoms with van der Waals surface area (Å²) >= 11 is 15.6. The zero-order valence-corrected chi connectivity index (χ0v) is 10.0. The van der Waals surface area contributed by atoms with Crippen LogP contribution >= 0.6 is 39.1 Å². The van der Waals surface area contributed by atoms with Crippen LogP contribution in [0.15, 0.2) is 30.3 Å². The fraction of sp³-hybridized carbons (Fsp3) is 0.400. The van der Waals surface area contributed by atoms with E-state index in [9.17, 15) is 0 Å². The second-order valence-corrected chi connectivity index (χ2v) is 6.51. The minimum Gasteiger partial charge on any atom is -0.100 e. The summed E-state index contributed by atoms with van der Waals surface area (Å²) in [5.41, 5.74) is 1.27. The predicted molar refractivity (Wildman–Crippen MR) is 60.9 cm³/mol. The Kier molecular flexibility index (Phi) is 2.38. The molecule has 0 N–H and O–H groups in total. The lowest BCUT2D eigenvalue weighted by Gasteiger charge is -2.09. The molecule has 1 fully saturated rings. The van der Waals surface area contributed by atoms with Crippen LogP contribution in [0.3, 0.4) is 0 Å². The summed E-state index contributed by atoms with van der Waals surface area (Å²) in [6.07, 6.45) is 1.71. The summed E-state index contributed by atoms with van der Waals surface area (Å²) in [4.78, 5) is 0. The first-order valence-corrected chi connectivity index (χ1v) is 5.69. The molecule has 2 rings (SSSR count). The number of halogens is 3. The molecule has 0 radical (unpaired) electrons. The van der Waals surface area contributed by atoms with Gasteiger partial charge in [0.25, 0.3) is 0 Å². The number of hydrogen-bond donors (Lipinski definition) is 0. The first kappa shape index (κ1) is 9.82. The van der Waals surface area contributed by atoms with Gasteiger partial charge < -0.3 is 0 Å². The van der Waals surface area contributed by atoms with Gasteiger partial charge in [-0.2, -0.15) is 0 Å². The van der Waals surface area contributed by atoms with Crippen LogP contribution in [-0.4, -0.2) is 8.66 Å². The van der Waals surface area contributed by atoms with Crippen molar-refractivity contribution in [2.75, 3.05) is 0 Å². The molecule has 13 heavy (non-hydrogen) atoms. The molecule has 1 unspecified atom stereocenters. The molecule has 70 valence electrons. The van der Waals surface area contributed by atoms with Crippen molar-refractivity contribution >= 4 is 39.1 Å². The van der Waals surface area contributed by atoms with E-state index in [2.05, 4.69) is 28.1 Å². The molecule has 0 saturated heterocycles. The van der Waals surface area contributed by atoms with E-state index in [0.29, 0.717) is 0 Å². The highest BCUT2D eigenvalue weighted by Gasteiger charge is 2.64. The Morgan fingerprint density at radius 2 is 1.77 bits per heavy atom. The van der Waals surface area contributed by atoms with Crippen LogP contribution in [-0.2, 0) is 6.42 Å². The summed E-state index contributed by atoms with van der Waals surface area (Å²) < 4.78 is -0.687. The van der Waals surface area contributed by atoms with Crippen LogP contribution in [0.5, 0.6) is 0 Å². The zero-order valence-electron chi connectivity index (χ0n) is 6.93. The van der Waals surface area contributed by atoms with Crippen LogP contribution in [0, 0.1) is 0 Å². The number of hydrogen-bond acceptors (Lipinski definition) is 0. The second-order valence-electron chi connectivity index (χ2n) is 3.51. The highest BCUT2D eigenvalue weighted by Crippen LogP contribution is 2.63. The monoisotopic (exact) mass is 278 g/mol. The summed E-state index contributed by atoms with van der Waals surface area (Å²) in [5, 5.41) is 0. The number of benzene rings is 1. The SMILES string of the molecule is ClC1(Cl)CC1(Br)Cc1ccccc1. The van der Waals surface area contributed by atoms with Crippen molar-refractivity contribution in [3.8, 4) is 0 Å². The fourth-order valence-electron chi connectivity index (χ4n) is 1.42. The number of rotatable bonds is 2. The average molecular weight is 280 g/mol. The minimum atomic E-state index is -0.581. The molecular formula is C10H9BrCl2. The molecule has 1 aromatic rings. The van der Waals surface area contributed by atoms with Crippen LogP contribution in [0.25, 0.3) is 0 Å². The molecule has 1 atom stereocenters. The van der Waals surface area contributed by atoms with Gasteiger partial charge >= 0.3 is 0 Å². The van der Waals surface area contributed by atoms with Crippen LogP contribution in [0.2, 0.25) is 0 Å². The van der Waals surface area contributed by atoms with Gasteiger partial charge in [-0.3, -0.25) is 0 Å². The zero-order chi connectivity index (χ0) is 9.53. The van der Waals surface area contributed by atoms with Crippen LogP contribution in [0.1, 0.15) is 12.0 Å². The third-order valence-corrected chi connectivity index (χ3v) is 5.04. The average Bonchev–Trinajstić information content (AvgIpc) is 2.51. The van der Waals surface area contributed by atoms with Crippen molar-refractivity contribution in [3.05, 3.63) is 35.9 Å². The fourth-order valence-corrected chi connectivity index (χ4v) is 3.08. The molecule has 1 aliphatic carbocycles. The smallest absolute Gasteiger partial charge is 0.100 e. The van der Waals surface area contributed by atoms with E-state index >= 15 is 0 Å². The molecule has 3 heteroatoms. The number of alkyl halides is 3. The molecule has 0 heterocycles. The van der Waals surface area contributed by atoms with Gasteiger partial charge in [0.1, 0.15) is 4.33 Å². The van der Waals surface area contributed by atoms with E-state index in [4.69, 9.17) is 23.2 Å². The Bertz CT molecular complexity index is 310. The normalized spacial score (nSPS) is 30.1. The molecule has 0 nitrogen and oxygen atoms in total. The molecule has 1 aliphatic rings. The third-order valence-electron chi connectivity index (χ3n) is 2.36. The lowest BCUT2D eigenvalue weighted by Crippen LogP contribution is -2.11.